The smallest absolute Gasteiger partial charge is 0.304 e. The molecule has 0 spiro atoms. The van der Waals surface area contributed by atoms with Crippen LogP contribution in [-0.2, 0) is 11.2 Å². The standard InChI is InChI=1S/C26H31F3N4O3/c1-16-23(20(29)15-30-26(16)36-13-12-32(2)9-3-8-27)25-24-18(6-10-33(25)11-7-22(34)35)19-14-17(28)4-5-21(19)31-24/h4-5,14-15,25,31H,3,6-13H2,1-2H3,(H,34,35). The minimum absolute atomic E-state index is 0.0962. The molecule has 0 aliphatic carbocycles. The van der Waals surface area contributed by atoms with E-state index in [0.29, 0.717) is 50.2 Å². The van der Waals surface area contributed by atoms with Crippen LogP contribution in [0.2, 0.25) is 0 Å². The normalized spacial score (nSPS) is 16.0. The number of aromatic nitrogens is 2. The van der Waals surface area contributed by atoms with Crippen molar-refractivity contribution in [2.24, 2.45) is 0 Å². The summed E-state index contributed by atoms with van der Waals surface area (Å²) in [5.74, 6) is -1.53. The molecule has 0 amide bonds. The van der Waals surface area contributed by atoms with Crippen LogP contribution in [0.25, 0.3) is 10.9 Å². The van der Waals surface area contributed by atoms with Gasteiger partial charge in [-0.25, -0.2) is 13.8 Å². The molecule has 2 N–H and O–H groups in total. The lowest BCUT2D eigenvalue weighted by atomic mass is 9.90. The van der Waals surface area contributed by atoms with Gasteiger partial charge in [0.25, 0.3) is 0 Å². The van der Waals surface area contributed by atoms with Gasteiger partial charge in [-0.3, -0.25) is 14.1 Å². The van der Waals surface area contributed by atoms with Gasteiger partial charge in [-0.1, -0.05) is 0 Å². The van der Waals surface area contributed by atoms with E-state index < -0.39 is 17.8 Å². The average molecular weight is 505 g/mol. The second-order valence-corrected chi connectivity index (χ2v) is 9.18. The van der Waals surface area contributed by atoms with Gasteiger partial charge in [0.2, 0.25) is 5.88 Å². The lowest BCUT2D eigenvalue weighted by molar-refractivity contribution is -0.137. The van der Waals surface area contributed by atoms with Crippen LogP contribution in [0.4, 0.5) is 13.2 Å². The number of hydrogen-bond acceptors (Lipinski definition) is 5. The quantitative estimate of drug-likeness (QED) is 0.407. The molecule has 0 bridgehead atoms. The van der Waals surface area contributed by atoms with Crippen molar-refractivity contribution in [3.63, 3.8) is 0 Å². The summed E-state index contributed by atoms with van der Waals surface area (Å²) >= 11 is 0. The van der Waals surface area contributed by atoms with Gasteiger partial charge in [-0.05, 0) is 50.6 Å². The summed E-state index contributed by atoms with van der Waals surface area (Å²) in [6, 6.07) is 3.89. The molecule has 36 heavy (non-hydrogen) atoms. The van der Waals surface area contributed by atoms with Gasteiger partial charge in [0.15, 0.2) is 0 Å². The first-order chi connectivity index (χ1) is 17.3. The number of H-pyrrole nitrogens is 1. The zero-order valence-corrected chi connectivity index (χ0v) is 20.5. The fourth-order valence-corrected chi connectivity index (χ4v) is 4.91. The molecule has 1 aliphatic rings. The van der Waals surface area contributed by atoms with Gasteiger partial charge in [-0.2, -0.15) is 0 Å². The Morgan fingerprint density at radius 2 is 2.14 bits per heavy atom. The second kappa shape index (κ2) is 11.3. The third-order valence-corrected chi connectivity index (χ3v) is 6.74. The molecular formula is C26H31F3N4O3. The highest BCUT2D eigenvalue weighted by Gasteiger charge is 2.35. The molecule has 4 rings (SSSR count). The molecule has 0 saturated heterocycles. The Morgan fingerprint density at radius 1 is 1.33 bits per heavy atom. The van der Waals surface area contributed by atoms with Crippen molar-refractivity contribution in [3.8, 4) is 5.88 Å². The highest BCUT2D eigenvalue weighted by atomic mass is 19.1. The van der Waals surface area contributed by atoms with E-state index in [1.54, 1.807) is 13.0 Å². The zero-order valence-electron chi connectivity index (χ0n) is 20.5. The Labute approximate surface area is 207 Å². The van der Waals surface area contributed by atoms with Crippen molar-refractivity contribution in [2.45, 2.75) is 32.2 Å². The zero-order chi connectivity index (χ0) is 25.8. The molecule has 1 aromatic carbocycles. The SMILES string of the molecule is Cc1c(OCCN(C)CCCF)ncc(F)c1C1c2[nH]c3ccc(F)cc3c2CCN1CCC(=O)O. The molecule has 10 heteroatoms. The molecule has 1 atom stereocenters. The average Bonchev–Trinajstić information content (AvgIpc) is 3.21. The number of rotatable bonds is 11. The van der Waals surface area contributed by atoms with E-state index in [1.807, 2.05) is 16.8 Å². The van der Waals surface area contributed by atoms with Gasteiger partial charge < -0.3 is 19.7 Å². The maximum Gasteiger partial charge on any atom is 0.304 e. The first kappa shape index (κ1) is 26.0. The number of aromatic amines is 1. The fourth-order valence-electron chi connectivity index (χ4n) is 4.91. The molecule has 2 aromatic heterocycles. The number of pyridine rings is 1. The number of benzene rings is 1. The highest BCUT2D eigenvalue weighted by Crippen LogP contribution is 2.41. The number of alkyl halides is 1. The molecule has 1 unspecified atom stereocenters. The lowest BCUT2D eigenvalue weighted by Crippen LogP contribution is -2.38. The number of carboxylic acid groups (broad SMARTS) is 1. The molecule has 194 valence electrons. The van der Waals surface area contributed by atoms with E-state index in [1.165, 1.54) is 12.1 Å². The second-order valence-electron chi connectivity index (χ2n) is 9.18. The summed E-state index contributed by atoms with van der Waals surface area (Å²) < 4.78 is 47.7. The highest BCUT2D eigenvalue weighted by molar-refractivity contribution is 5.85. The van der Waals surface area contributed by atoms with E-state index in [0.717, 1.165) is 28.4 Å². The Balaban J connectivity index is 1.70. The van der Waals surface area contributed by atoms with Crippen LogP contribution in [0, 0.1) is 18.6 Å². The number of halogens is 3. The molecule has 3 aromatic rings. The third kappa shape index (κ3) is 5.49. The number of ether oxygens (including phenoxy) is 1. The lowest BCUT2D eigenvalue weighted by Gasteiger charge is -2.36. The maximum absolute atomic E-state index is 15.4. The monoisotopic (exact) mass is 504 g/mol. The van der Waals surface area contributed by atoms with Gasteiger partial charge >= 0.3 is 5.97 Å². The maximum atomic E-state index is 15.4. The Hall–Kier alpha value is -3.11. The number of likely N-dealkylation sites (N-methyl/N-ethyl adjacent to an activating group) is 1. The number of carbonyl (C=O) groups is 1. The predicted octanol–water partition coefficient (Wildman–Crippen LogP) is 4.24. The fraction of sp³-hybridized carbons (Fsp3) is 0.462. The van der Waals surface area contributed by atoms with Crippen molar-refractivity contribution in [1.29, 1.82) is 0 Å². The predicted molar refractivity (Wildman–Crippen MR) is 130 cm³/mol. The topological polar surface area (TPSA) is 81.7 Å². The van der Waals surface area contributed by atoms with E-state index >= 15 is 4.39 Å². The van der Waals surface area contributed by atoms with Gasteiger partial charge in [-0.15, -0.1) is 0 Å². The van der Waals surface area contributed by atoms with E-state index in [2.05, 4.69) is 9.97 Å². The number of aliphatic carboxylic acids is 1. The molecule has 0 saturated carbocycles. The van der Waals surface area contributed by atoms with Crippen molar-refractivity contribution in [2.75, 3.05) is 46.5 Å². The van der Waals surface area contributed by atoms with Crippen LogP contribution in [0.3, 0.4) is 0 Å². The van der Waals surface area contributed by atoms with Crippen molar-refractivity contribution >= 4 is 16.9 Å². The Morgan fingerprint density at radius 3 is 2.89 bits per heavy atom. The largest absolute Gasteiger partial charge is 0.481 e. The molecule has 7 nitrogen and oxygen atoms in total. The number of nitrogens with zero attached hydrogens (tertiary/aromatic N) is 3. The summed E-state index contributed by atoms with van der Waals surface area (Å²) in [5.41, 5.74) is 3.23. The van der Waals surface area contributed by atoms with Crippen LogP contribution in [0.15, 0.2) is 24.4 Å². The Bertz CT molecular complexity index is 1230. The van der Waals surface area contributed by atoms with E-state index in [9.17, 15) is 18.7 Å². The minimum Gasteiger partial charge on any atom is -0.481 e. The van der Waals surface area contributed by atoms with Crippen LogP contribution >= 0.6 is 0 Å². The first-order valence-electron chi connectivity index (χ1n) is 12.1. The summed E-state index contributed by atoms with van der Waals surface area (Å²) in [6.07, 6.45) is 2.05. The number of nitrogens with one attached hydrogen (secondary N) is 1. The molecule has 3 heterocycles. The molecular weight excluding hydrogens is 473 g/mol. The van der Waals surface area contributed by atoms with E-state index in [4.69, 9.17) is 4.74 Å². The summed E-state index contributed by atoms with van der Waals surface area (Å²) in [6.45, 7) is 3.52. The molecule has 0 fully saturated rings. The van der Waals surface area contributed by atoms with Gasteiger partial charge in [0.1, 0.15) is 18.2 Å². The summed E-state index contributed by atoms with van der Waals surface area (Å²) in [4.78, 5) is 22.7. The third-order valence-electron chi connectivity index (χ3n) is 6.74. The molecule has 1 aliphatic heterocycles. The number of carboxylic acids is 1. The first-order valence-corrected chi connectivity index (χ1v) is 12.1. The summed E-state index contributed by atoms with van der Waals surface area (Å²) in [7, 11) is 1.87. The minimum atomic E-state index is -0.939. The van der Waals surface area contributed by atoms with Crippen molar-refractivity contribution < 1.29 is 27.8 Å². The number of hydrogen-bond donors (Lipinski definition) is 2. The van der Waals surface area contributed by atoms with Gasteiger partial charge in [0, 0.05) is 53.9 Å². The van der Waals surface area contributed by atoms with Crippen LogP contribution in [-0.4, -0.2) is 77.4 Å². The molecule has 0 radical (unpaired) electrons. The summed E-state index contributed by atoms with van der Waals surface area (Å²) in [5, 5.41) is 10.0. The van der Waals surface area contributed by atoms with Crippen molar-refractivity contribution in [1.82, 2.24) is 19.8 Å². The van der Waals surface area contributed by atoms with Crippen LogP contribution in [0.1, 0.15) is 41.3 Å². The van der Waals surface area contributed by atoms with Crippen LogP contribution < -0.4 is 4.74 Å². The van der Waals surface area contributed by atoms with E-state index in [-0.39, 0.29) is 31.3 Å². The Kier molecular flexibility index (Phi) is 8.15. The van der Waals surface area contributed by atoms with Crippen LogP contribution in [0.5, 0.6) is 5.88 Å². The van der Waals surface area contributed by atoms with Gasteiger partial charge in [0.05, 0.1) is 25.3 Å². The van der Waals surface area contributed by atoms with Crippen molar-refractivity contribution in [3.05, 3.63) is 58.4 Å². The number of fused-ring (bicyclic) bond motifs is 3.